The molecule has 2 N–H and O–H groups in total. The van der Waals surface area contributed by atoms with Gasteiger partial charge in [0.05, 0.1) is 7.14 Å². The summed E-state index contributed by atoms with van der Waals surface area (Å²) in [5.41, 5.74) is -1.70. The number of rotatable bonds is 2. The summed E-state index contributed by atoms with van der Waals surface area (Å²) >= 11 is 0. The number of carbonyl (C=O) groups is 2. The predicted octanol–water partition coefficient (Wildman–Crippen LogP) is 0.929. The van der Waals surface area contributed by atoms with Gasteiger partial charge in [-0.15, -0.1) is 0 Å². The van der Waals surface area contributed by atoms with Crippen molar-refractivity contribution in [3.8, 4) is 0 Å². The minimum Gasteiger partial charge on any atom is -0.480 e. The fraction of sp³-hybridized carbons (Fsp3) is 0.750. The van der Waals surface area contributed by atoms with Crippen LogP contribution in [-0.4, -0.2) is 41.1 Å². The number of hydrogen-bond acceptors (Lipinski definition) is 3. The molecule has 0 aromatic heterocycles. The first-order valence-corrected chi connectivity index (χ1v) is 6.85. The molecule has 0 saturated carbocycles. The molecule has 1 rings (SSSR count). The number of carboxylic acid groups (broad SMARTS) is 2. The summed E-state index contributed by atoms with van der Waals surface area (Å²) in [4.78, 5) is 21.7. The molecule has 80 valence electrons. The van der Waals surface area contributed by atoms with E-state index in [0.29, 0.717) is 0 Å². The van der Waals surface area contributed by atoms with Gasteiger partial charge in [-0.05, 0) is 19.5 Å². The van der Waals surface area contributed by atoms with E-state index in [9.17, 15) is 14.2 Å². The Morgan fingerprint density at radius 1 is 1.14 bits per heavy atom. The van der Waals surface area contributed by atoms with E-state index in [1.165, 1.54) is 0 Å². The molecule has 0 radical (unpaired) electrons. The van der Waals surface area contributed by atoms with Gasteiger partial charge in [-0.2, -0.15) is 0 Å². The third-order valence-corrected chi connectivity index (χ3v) is 5.18. The van der Waals surface area contributed by atoms with Crippen molar-refractivity contribution < 1.29 is 24.4 Å². The lowest BCUT2D eigenvalue weighted by Crippen LogP contribution is -2.43. The van der Waals surface area contributed by atoms with Crippen LogP contribution in [0.5, 0.6) is 0 Å². The second kappa shape index (κ2) is 3.39. The normalized spacial score (nSPS) is 24.1. The molecular formula is C8H13O5P. The topological polar surface area (TPSA) is 91.7 Å². The first kappa shape index (κ1) is 11.2. The molecule has 0 atom stereocenters. The summed E-state index contributed by atoms with van der Waals surface area (Å²) in [6, 6.07) is 0. The fourth-order valence-corrected chi connectivity index (χ4v) is 3.54. The van der Waals surface area contributed by atoms with Crippen molar-refractivity contribution in [1.82, 2.24) is 0 Å². The number of hydrogen-bond donors (Lipinski definition) is 2. The van der Waals surface area contributed by atoms with Crippen LogP contribution in [0.4, 0.5) is 0 Å². The second-order valence-electron chi connectivity index (χ2n) is 3.94. The van der Waals surface area contributed by atoms with Crippen LogP contribution in [0, 0.1) is 5.41 Å². The molecule has 0 unspecified atom stereocenters. The summed E-state index contributed by atoms with van der Waals surface area (Å²) in [5.74, 6) is -2.63. The van der Waals surface area contributed by atoms with Gasteiger partial charge >= 0.3 is 11.9 Å². The smallest absolute Gasteiger partial charge is 0.321 e. The van der Waals surface area contributed by atoms with E-state index in [1.54, 1.807) is 6.66 Å². The summed E-state index contributed by atoms with van der Waals surface area (Å²) in [7, 11) is -2.27. The molecule has 1 aliphatic heterocycles. The van der Waals surface area contributed by atoms with Crippen LogP contribution >= 0.6 is 7.14 Å². The number of carboxylic acids is 2. The van der Waals surface area contributed by atoms with Gasteiger partial charge in [-0.1, -0.05) is 0 Å². The van der Waals surface area contributed by atoms with Crippen molar-refractivity contribution in [2.24, 2.45) is 5.41 Å². The Kier molecular flexibility index (Phi) is 2.72. The molecule has 0 aromatic rings. The molecule has 0 aliphatic carbocycles. The zero-order valence-electron chi connectivity index (χ0n) is 7.89. The molecule has 1 aliphatic rings. The van der Waals surface area contributed by atoms with Crippen LogP contribution in [0.25, 0.3) is 0 Å². The lowest BCUT2D eigenvalue weighted by molar-refractivity contribution is -0.165. The summed E-state index contributed by atoms with van der Waals surface area (Å²) < 4.78 is 11.6. The van der Waals surface area contributed by atoms with Crippen LogP contribution in [0.3, 0.4) is 0 Å². The molecule has 14 heavy (non-hydrogen) atoms. The molecule has 0 bridgehead atoms. The van der Waals surface area contributed by atoms with Crippen molar-refractivity contribution in [3.63, 3.8) is 0 Å². The SMILES string of the molecule is CP1(=O)CCC(C(=O)O)(C(=O)O)CC1. The second-order valence-corrected chi connectivity index (χ2v) is 7.42. The van der Waals surface area contributed by atoms with Crippen LogP contribution in [0.15, 0.2) is 0 Å². The van der Waals surface area contributed by atoms with Crippen LogP contribution in [0.2, 0.25) is 0 Å². The minimum absolute atomic E-state index is 0.0224. The van der Waals surface area contributed by atoms with E-state index >= 15 is 0 Å². The van der Waals surface area contributed by atoms with Gasteiger partial charge < -0.3 is 14.8 Å². The Morgan fingerprint density at radius 3 is 1.79 bits per heavy atom. The fourth-order valence-electron chi connectivity index (χ4n) is 1.61. The Balaban J connectivity index is 2.91. The van der Waals surface area contributed by atoms with Crippen molar-refractivity contribution >= 4 is 19.1 Å². The van der Waals surface area contributed by atoms with E-state index in [-0.39, 0.29) is 25.2 Å². The first-order valence-electron chi connectivity index (χ1n) is 4.32. The Labute approximate surface area is 81.5 Å². The van der Waals surface area contributed by atoms with Gasteiger partial charge in [0, 0.05) is 12.3 Å². The molecular weight excluding hydrogens is 207 g/mol. The van der Waals surface area contributed by atoms with Gasteiger partial charge in [-0.3, -0.25) is 9.59 Å². The highest BCUT2D eigenvalue weighted by molar-refractivity contribution is 7.63. The highest BCUT2D eigenvalue weighted by atomic mass is 31.2. The molecule has 1 saturated heterocycles. The van der Waals surface area contributed by atoms with Crippen molar-refractivity contribution in [2.45, 2.75) is 12.8 Å². The maximum absolute atomic E-state index is 11.6. The molecule has 6 heteroatoms. The largest absolute Gasteiger partial charge is 0.480 e. The quantitative estimate of drug-likeness (QED) is 0.533. The van der Waals surface area contributed by atoms with Gasteiger partial charge in [0.2, 0.25) is 0 Å². The van der Waals surface area contributed by atoms with Gasteiger partial charge in [-0.25, -0.2) is 0 Å². The predicted molar refractivity (Wildman–Crippen MR) is 50.2 cm³/mol. The third kappa shape index (κ3) is 1.82. The van der Waals surface area contributed by atoms with Crippen molar-refractivity contribution in [3.05, 3.63) is 0 Å². The minimum atomic E-state index is -2.27. The van der Waals surface area contributed by atoms with Gasteiger partial charge in [0.15, 0.2) is 5.41 Å². The molecule has 1 fully saturated rings. The highest BCUT2D eigenvalue weighted by Gasteiger charge is 2.50. The number of aliphatic carboxylic acids is 2. The molecule has 0 spiro atoms. The summed E-state index contributed by atoms with van der Waals surface area (Å²) in [6.07, 6.45) is 0.383. The first-order chi connectivity index (χ1) is 6.30. The van der Waals surface area contributed by atoms with E-state index in [0.717, 1.165) is 0 Å². The van der Waals surface area contributed by atoms with Gasteiger partial charge in [0.25, 0.3) is 0 Å². The Hall–Kier alpha value is -0.830. The molecule has 0 amide bonds. The van der Waals surface area contributed by atoms with Crippen LogP contribution in [0.1, 0.15) is 12.8 Å². The summed E-state index contributed by atoms with van der Waals surface area (Å²) in [5, 5.41) is 17.7. The van der Waals surface area contributed by atoms with Gasteiger partial charge in [0.1, 0.15) is 0 Å². The zero-order chi connectivity index (χ0) is 11.0. The standard InChI is InChI=1S/C8H13O5P/c1-14(13)4-2-8(3-5-14,6(9)10)7(11)12/h2-5H2,1H3,(H,9,10)(H,11,12). The third-order valence-electron chi connectivity index (χ3n) is 2.84. The van der Waals surface area contributed by atoms with Crippen LogP contribution in [-0.2, 0) is 14.2 Å². The van der Waals surface area contributed by atoms with E-state index in [2.05, 4.69) is 0 Å². The van der Waals surface area contributed by atoms with E-state index < -0.39 is 24.5 Å². The average molecular weight is 220 g/mol. The monoisotopic (exact) mass is 220 g/mol. The maximum Gasteiger partial charge on any atom is 0.321 e. The lowest BCUT2D eigenvalue weighted by atomic mass is 9.82. The molecule has 1 heterocycles. The van der Waals surface area contributed by atoms with Crippen LogP contribution < -0.4 is 0 Å². The average Bonchev–Trinajstić information content (AvgIpc) is 2.03. The zero-order valence-corrected chi connectivity index (χ0v) is 8.79. The Morgan fingerprint density at radius 2 is 1.50 bits per heavy atom. The van der Waals surface area contributed by atoms with E-state index in [1.807, 2.05) is 0 Å². The Bertz CT molecular complexity index is 294. The van der Waals surface area contributed by atoms with E-state index in [4.69, 9.17) is 10.2 Å². The van der Waals surface area contributed by atoms with Crippen molar-refractivity contribution in [1.29, 1.82) is 0 Å². The molecule has 0 aromatic carbocycles. The summed E-state index contributed by atoms with van der Waals surface area (Å²) in [6.45, 7) is 1.60. The van der Waals surface area contributed by atoms with Crippen molar-refractivity contribution in [2.75, 3.05) is 19.0 Å². The molecule has 5 nitrogen and oxygen atoms in total. The maximum atomic E-state index is 11.6. The highest BCUT2D eigenvalue weighted by Crippen LogP contribution is 2.52. The lowest BCUT2D eigenvalue weighted by Gasteiger charge is -2.31.